The Balaban J connectivity index is 1.33. The molecule has 4 aromatic rings. The van der Waals surface area contributed by atoms with Gasteiger partial charge in [0.2, 0.25) is 0 Å². The van der Waals surface area contributed by atoms with Crippen molar-refractivity contribution in [2.45, 2.75) is 24.3 Å². The lowest BCUT2D eigenvalue weighted by atomic mass is 10.2. The summed E-state index contributed by atoms with van der Waals surface area (Å²) in [5.74, 6) is 2.36. The third-order valence-corrected chi connectivity index (χ3v) is 5.92. The van der Waals surface area contributed by atoms with Crippen molar-refractivity contribution in [3.8, 4) is 11.5 Å². The van der Waals surface area contributed by atoms with E-state index in [0.29, 0.717) is 42.6 Å². The highest BCUT2D eigenvalue weighted by Gasteiger charge is 2.28. The minimum Gasteiger partial charge on any atom is -0.485 e. The first-order valence-electron chi connectivity index (χ1n) is 9.88. The molecule has 1 atom stereocenters. The van der Waals surface area contributed by atoms with Crippen LogP contribution in [0.2, 0.25) is 0 Å². The summed E-state index contributed by atoms with van der Waals surface area (Å²) in [6.07, 6.45) is 1.43. The number of benzene rings is 2. The quantitative estimate of drug-likeness (QED) is 0.323. The summed E-state index contributed by atoms with van der Waals surface area (Å²) >= 11 is 1.52. The molecule has 0 fully saturated rings. The zero-order chi connectivity index (χ0) is 21.2. The van der Waals surface area contributed by atoms with Gasteiger partial charge < -0.3 is 13.9 Å². The number of hydrogen-bond acceptors (Lipinski definition) is 7. The Labute approximate surface area is 182 Å². The van der Waals surface area contributed by atoms with Crippen LogP contribution in [0.1, 0.15) is 11.9 Å². The minimum absolute atomic E-state index is 0.355. The van der Waals surface area contributed by atoms with Crippen molar-refractivity contribution in [2.75, 3.05) is 12.4 Å². The largest absolute Gasteiger partial charge is 0.485 e. The first kappa shape index (κ1) is 19.5. The molecule has 158 valence electrons. The molecule has 5 rings (SSSR count). The molecular formula is C22H20N4O4S. The molecule has 0 saturated heterocycles. The Kier molecular flexibility index (Phi) is 5.25. The van der Waals surface area contributed by atoms with Crippen molar-refractivity contribution in [3.63, 3.8) is 0 Å². The van der Waals surface area contributed by atoms with Gasteiger partial charge in [0.1, 0.15) is 6.61 Å². The summed E-state index contributed by atoms with van der Waals surface area (Å²) in [4.78, 5) is 12.2. The molecule has 1 unspecified atom stereocenters. The number of para-hydroxylation sites is 4. The van der Waals surface area contributed by atoms with Crippen LogP contribution in [-0.2, 0) is 13.1 Å². The van der Waals surface area contributed by atoms with Gasteiger partial charge in [-0.15, -0.1) is 16.8 Å². The molecule has 2 aromatic heterocycles. The highest BCUT2D eigenvalue weighted by Crippen LogP contribution is 2.36. The number of ether oxygens (including phenoxy) is 2. The summed E-state index contributed by atoms with van der Waals surface area (Å²) in [6, 6.07) is 15.0. The average Bonchev–Trinajstić information content (AvgIpc) is 3.34. The fourth-order valence-corrected chi connectivity index (χ4v) is 4.43. The van der Waals surface area contributed by atoms with E-state index in [0.717, 1.165) is 16.4 Å². The Morgan fingerprint density at radius 3 is 2.77 bits per heavy atom. The molecule has 0 radical (unpaired) electrons. The zero-order valence-corrected chi connectivity index (χ0v) is 17.5. The molecule has 0 saturated carbocycles. The SMILES string of the molecule is C=CCn1c(SCCn2c(=O)oc3ccccc32)nnc1C1COc2ccccc2O1. The van der Waals surface area contributed by atoms with Gasteiger partial charge in [0.05, 0.1) is 5.52 Å². The highest BCUT2D eigenvalue weighted by atomic mass is 32.2. The standard InChI is InChI=1S/C22H20N4O4S/c1-2-11-26-20(19-14-28-17-9-5-6-10-18(17)29-19)23-24-21(26)31-13-12-25-15-7-3-4-8-16(15)30-22(25)27/h2-10,19H,1,11-14H2. The molecule has 9 heteroatoms. The number of oxazole rings is 1. The first-order valence-corrected chi connectivity index (χ1v) is 10.9. The molecule has 1 aliphatic heterocycles. The van der Waals surface area contributed by atoms with Crippen LogP contribution in [0.4, 0.5) is 0 Å². The maximum Gasteiger partial charge on any atom is 0.419 e. The van der Waals surface area contributed by atoms with E-state index in [-0.39, 0.29) is 11.9 Å². The van der Waals surface area contributed by atoms with Crippen molar-refractivity contribution in [3.05, 3.63) is 77.6 Å². The highest BCUT2D eigenvalue weighted by molar-refractivity contribution is 7.99. The van der Waals surface area contributed by atoms with E-state index in [2.05, 4.69) is 16.8 Å². The van der Waals surface area contributed by atoms with Crippen LogP contribution in [0.3, 0.4) is 0 Å². The van der Waals surface area contributed by atoms with Gasteiger partial charge in [-0.2, -0.15) is 0 Å². The molecule has 2 aromatic carbocycles. The van der Waals surface area contributed by atoms with Crippen molar-refractivity contribution >= 4 is 22.9 Å². The third-order valence-electron chi connectivity index (χ3n) is 4.97. The van der Waals surface area contributed by atoms with Crippen LogP contribution in [0.5, 0.6) is 11.5 Å². The first-order chi connectivity index (χ1) is 15.2. The van der Waals surface area contributed by atoms with Crippen LogP contribution in [0, 0.1) is 0 Å². The van der Waals surface area contributed by atoms with E-state index in [1.807, 2.05) is 47.0 Å². The fourth-order valence-electron chi connectivity index (χ4n) is 3.55. The second-order valence-corrected chi connectivity index (χ2v) is 8.00. The van der Waals surface area contributed by atoms with Crippen molar-refractivity contribution in [1.82, 2.24) is 19.3 Å². The Morgan fingerprint density at radius 2 is 1.90 bits per heavy atom. The van der Waals surface area contributed by atoms with E-state index in [1.54, 1.807) is 16.7 Å². The van der Waals surface area contributed by atoms with Crippen molar-refractivity contribution < 1.29 is 13.9 Å². The van der Waals surface area contributed by atoms with E-state index in [9.17, 15) is 4.79 Å². The fraction of sp³-hybridized carbons (Fsp3) is 0.227. The van der Waals surface area contributed by atoms with Crippen molar-refractivity contribution in [2.24, 2.45) is 0 Å². The van der Waals surface area contributed by atoms with Crippen LogP contribution >= 0.6 is 11.8 Å². The number of rotatable bonds is 7. The molecule has 0 amide bonds. The van der Waals surface area contributed by atoms with Crippen LogP contribution < -0.4 is 15.2 Å². The summed E-state index contributed by atoms with van der Waals surface area (Å²) < 4.78 is 20.8. The molecule has 0 spiro atoms. The maximum atomic E-state index is 12.2. The summed E-state index contributed by atoms with van der Waals surface area (Å²) in [5.41, 5.74) is 1.37. The number of fused-ring (bicyclic) bond motifs is 2. The lowest BCUT2D eigenvalue weighted by molar-refractivity contribution is 0.0821. The molecule has 31 heavy (non-hydrogen) atoms. The number of hydrogen-bond donors (Lipinski definition) is 0. The second kappa shape index (κ2) is 8.35. The van der Waals surface area contributed by atoms with E-state index in [1.165, 1.54) is 11.8 Å². The topological polar surface area (TPSA) is 84.3 Å². The van der Waals surface area contributed by atoms with E-state index < -0.39 is 0 Å². The Morgan fingerprint density at radius 1 is 1.10 bits per heavy atom. The lowest BCUT2D eigenvalue weighted by Gasteiger charge is -2.26. The van der Waals surface area contributed by atoms with Crippen LogP contribution in [0.25, 0.3) is 11.1 Å². The maximum absolute atomic E-state index is 12.2. The number of thioether (sulfide) groups is 1. The van der Waals surface area contributed by atoms with Gasteiger partial charge in [-0.1, -0.05) is 42.1 Å². The van der Waals surface area contributed by atoms with Gasteiger partial charge in [0.15, 0.2) is 34.2 Å². The van der Waals surface area contributed by atoms with Gasteiger partial charge in [-0.25, -0.2) is 4.79 Å². The van der Waals surface area contributed by atoms with Crippen LogP contribution in [0.15, 0.2) is 75.6 Å². The normalized spacial score (nSPS) is 15.3. The number of allylic oxidation sites excluding steroid dienone is 1. The Hall–Kier alpha value is -3.46. The smallest absolute Gasteiger partial charge is 0.419 e. The Bertz CT molecular complexity index is 1290. The summed E-state index contributed by atoms with van der Waals surface area (Å²) in [5, 5.41) is 9.45. The van der Waals surface area contributed by atoms with Gasteiger partial charge in [-0.3, -0.25) is 9.13 Å². The number of aromatic nitrogens is 4. The predicted octanol–water partition coefficient (Wildman–Crippen LogP) is 3.68. The zero-order valence-electron chi connectivity index (χ0n) is 16.6. The predicted molar refractivity (Wildman–Crippen MR) is 117 cm³/mol. The minimum atomic E-state index is -0.364. The van der Waals surface area contributed by atoms with Gasteiger partial charge >= 0.3 is 5.76 Å². The molecule has 0 N–H and O–H groups in total. The van der Waals surface area contributed by atoms with Crippen LogP contribution in [-0.4, -0.2) is 31.7 Å². The van der Waals surface area contributed by atoms with E-state index in [4.69, 9.17) is 13.9 Å². The molecule has 0 bridgehead atoms. The second-order valence-electron chi connectivity index (χ2n) is 6.94. The molecule has 0 aliphatic carbocycles. The summed E-state index contributed by atoms with van der Waals surface area (Å²) in [6.45, 7) is 5.24. The van der Waals surface area contributed by atoms with E-state index >= 15 is 0 Å². The van der Waals surface area contributed by atoms with Gasteiger partial charge in [0.25, 0.3) is 0 Å². The number of aryl methyl sites for hydroxylation is 1. The number of nitrogens with zero attached hydrogens (tertiary/aromatic N) is 4. The third kappa shape index (κ3) is 3.72. The van der Waals surface area contributed by atoms with Crippen molar-refractivity contribution in [1.29, 1.82) is 0 Å². The molecule has 1 aliphatic rings. The molecular weight excluding hydrogens is 416 g/mol. The monoisotopic (exact) mass is 436 g/mol. The van der Waals surface area contributed by atoms with Gasteiger partial charge in [-0.05, 0) is 24.3 Å². The lowest BCUT2D eigenvalue weighted by Crippen LogP contribution is -2.25. The van der Waals surface area contributed by atoms with Gasteiger partial charge in [0, 0.05) is 18.8 Å². The summed E-state index contributed by atoms with van der Waals surface area (Å²) in [7, 11) is 0. The molecule has 3 heterocycles. The average molecular weight is 436 g/mol. The molecule has 8 nitrogen and oxygen atoms in total.